The van der Waals surface area contributed by atoms with Gasteiger partial charge in [-0.15, -0.1) is 22.9 Å². The number of aliphatic carboxylic acids is 1. The van der Waals surface area contributed by atoms with E-state index >= 15 is 0 Å². The van der Waals surface area contributed by atoms with Gasteiger partial charge in [-0.05, 0) is 41.7 Å². The maximum atomic E-state index is 13.8. The fourth-order valence-corrected chi connectivity index (χ4v) is 8.68. The van der Waals surface area contributed by atoms with Gasteiger partial charge < -0.3 is 25.1 Å². The summed E-state index contributed by atoms with van der Waals surface area (Å²) in [5.74, 6) is -3.18. The van der Waals surface area contributed by atoms with Crippen LogP contribution in [0.5, 0.6) is 0 Å². The van der Waals surface area contributed by atoms with Crippen molar-refractivity contribution >= 4 is 62.7 Å². The van der Waals surface area contributed by atoms with Crippen LogP contribution in [0.15, 0.2) is 113 Å². The normalized spacial score (nSPS) is 19.3. The molecular formula is C35H32ClN5O6S2. The van der Waals surface area contributed by atoms with Crippen LogP contribution in [-0.2, 0) is 35.9 Å². The van der Waals surface area contributed by atoms with E-state index in [-0.39, 0.29) is 40.4 Å². The number of thiazole rings is 1. The fourth-order valence-electron chi connectivity index (χ4n) is 5.91. The highest BCUT2D eigenvalue weighted by molar-refractivity contribution is 7.92. The third-order valence-electron chi connectivity index (χ3n) is 8.09. The number of fused-ring (bicyclic) bond motifs is 1. The smallest absolute Gasteiger partial charge is 0.352 e. The van der Waals surface area contributed by atoms with E-state index in [0.29, 0.717) is 5.13 Å². The number of aromatic nitrogens is 1. The van der Waals surface area contributed by atoms with Gasteiger partial charge in [0.15, 0.2) is 16.9 Å². The maximum Gasteiger partial charge on any atom is 0.352 e. The number of anilines is 1. The Labute approximate surface area is 294 Å². The van der Waals surface area contributed by atoms with E-state index in [9.17, 15) is 24.0 Å². The molecule has 3 aromatic carbocycles. The highest BCUT2D eigenvalue weighted by Crippen LogP contribution is 2.41. The molecule has 14 heteroatoms. The number of benzene rings is 3. The number of nitrogens with zero attached hydrogens (tertiary/aromatic N) is 3. The van der Waals surface area contributed by atoms with Gasteiger partial charge in [-0.1, -0.05) is 96.2 Å². The Bertz CT molecular complexity index is 1810. The molecule has 1 aromatic heterocycles. The topological polar surface area (TPSA) is 156 Å². The van der Waals surface area contributed by atoms with E-state index in [1.807, 2.05) is 91.0 Å². The number of carboxylic acids is 1. The van der Waals surface area contributed by atoms with Crippen LogP contribution < -0.4 is 10.6 Å². The molecule has 252 valence electrons. The molecule has 49 heavy (non-hydrogen) atoms. The van der Waals surface area contributed by atoms with Crippen molar-refractivity contribution in [2.75, 3.05) is 16.9 Å². The summed E-state index contributed by atoms with van der Waals surface area (Å²) in [7, 11) is 0. The summed E-state index contributed by atoms with van der Waals surface area (Å²) < 4.78 is 13.1. The summed E-state index contributed by atoms with van der Waals surface area (Å²) >= 11 is 5.46. The first kappa shape index (κ1) is 34.2. The van der Waals surface area contributed by atoms with Gasteiger partial charge in [-0.2, -0.15) is 0 Å². The molecule has 0 saturated carbocycles. The Hall–Kier alpha value is -4.69. The van der Waals surface area contributed by atoms with Gasteiger partial charge in [0.1, 0.15) is 28.8 Å². The number of hydrogen-bond acceptors (Lipinski definition) is 9. The first-order valence-electron chi connectivity index (χ1n) is 15.3. The lowest BCUT2D eigenvalue weighted by Gasteiger charge is -2.48. The number of alkyl halides is 1. The third-order valence-corrected chi connectivity index (χ3v) is 10.8. The Kier molecular flexibility index (Phi) is 10.1. The molecular weight excluding hydrogens is 686 g/mol. The highest BCUT2D eigenvalue weighted by Gasteiger charge is 2.61. The number of rotatable bonds is 12. The van der Waals surface area contributed by atoms with E-state index < -0.39 is 45.9 Å². The molecule has 1 saturated heterocycles. The number of β-lactam (4-membered cyclic amide) rings is 1. The molecule has 2 aliphatic heterocycles. The zero-order valence-electron chi connectivity index (χ0n) is 26.4. The van der Waals surface area contributed by atoms with Gasteiger partial charge in [0.2, 0.25) is 5.37 Å². The molecule has 11 nitrogen and oxygen atoms in total. The lowest BCUT2D eigenvalue weighted by atomic mass is 9.77. The number of hydrogen-bond donors (Lipinski definition) is 3. The number of carbonyl (C=O) groups excluding carboxylic acids is 2. The van der Waals surface area contributed by atoms with Crippen molar-refractivity contribution in [3.05, 3.63) is 130 Å². The van der Waals surface area contributed by atoms with Gasteiger partial charge in [-0.3, -0.25) is 14.5 Å². The van der Waals surface area contributed by atoms with E-state index in [0.717, 1.165) is 21.6 Å². The Morgan fingerprint density at radius 3 is 2.10 bits per heavy atom. The molecule has 1 fully saturated rings. The summed E-state index contributed by atoms with van der Waals surface area (Å²) in [6.07, 6.45) is -0.384. The lowest BCUT2D eigenvalue weighted by Crippen LogP contribution is -2.75. The maximum absolute atomic E-state index is 13.8. The van der Waals surface area contributed by atoms with Gasteiger partial charge in [0, 0.05) is 11.0 Å². The van der Waals surface area contributed by atoms with E-state index in [1.54, 1.807) is 19.2 Å². The number of carbonyl (C=O) groups is 3. The minimum absolute atomic E-state index is 0.129. The van der Waals surface area contributed by atoms with Crippen LogP contribution in [0.25, 0.3) is 0 Å². The average Bonchev–Trinajstić information content (AvgIpc) is 3.57. The van der Waals surface area contributed by atoms with E-state index in [1.165, 1.54) is 11.3 Å². The van der Waals surface area contributed by atoms with Crippen molar-refractivity contribution < 1.29 is 28.9 Å². The Balaban J connectivity index is 1.34. The lowest BCUT2D eigenvalue weighted by molar-refractivity contribution is -0.150. The molecule has 2 amide bonds. The van der Waals surface area contributed by atoms with Crippen molar-refractivity contribution in [1.29, 1.82) is 0 Å². The molecule has 6 rings (SSSR count). The minimum Gasteiger partial charge on any atom is -0.614 e. The first-order chi connectivity index (χ1) is 23.6. The number of oxime groups is 1. The molecule has 3 atom stereocenters. The van der Waals surface area contributed by atoms with Gasteiger partial charge in [0.25, 0.3) is 11.8 Å². The van der Waals surface area contributed by atoms with Gasteiger partial charge in [-0.25, -0.2) is 9.78 Å². The van der Waals surface area contributed by atoms with Crippen molar-refractivity contribution in [2.45, 2.75) is 36.9 Å². The minimum atomic E-state index is -1.70. The molecule has 3 N–H and O–H groups in total. The second-order valence-electron chi connectivity index (χ2n) is 11.6. The van der Waals surface area contributed by atoms with Crippen LogP contribution in [0.2, 0.25) is 0 Å². The Morgan fingerprint density at radius 1 is 1.06 bits per heavy atom. The molecule has 0 spiro atoms. The molecule has 3 heterocycles. The van der Waals surface area contributed by atoms with Crippen LogP contribution in [-0.4, -0.2) is 72.2 Å². The van der Waals surface area contributed by atoms with Crippen molar-refractivity contribution in [2.24, 2.45) is 5.16 Å². The predicted octanol–water partition coefficient (Wildman–Crippen LogP) is 4.67. The van der Waals surface area contributed by atoms with Crippen LogP contribution >= 0.6 is 22.9 Å². The molecule has 2 unspecified atom stereocenters. The van der Waals surface area contributed by atoms with Gasteiger partial charge >= 0.3 is 5.97 Å². The van der Waals surface area contributed by atoms with Crippen LogP contribution in [0.1, 0.15) is 36.2 Å². The average molecular weight is 718 g/mol. The summed E-state index contributed by atoms with van der Waals surface area (Å²) in [6, 6.07) is 28.6. The summed E-state index contributed by atoms with van der Waals surface area (Å²) in [5.41, 5.74) is 1.86. The van der Waals surface area contributed by atoms with Crippen molar-refractivity contribution in [1.82, 2.24) is 15.2 Å². The molecule has 0 aliphatic carbocycles. The third kappa shape index (κ3) is 6.54. The zero-order chi connectivity index (χ0) is 34.7. The standard InChI is InChI=1S/C35H32ClN5O6S2/c1-21(2)47-40-27(30(42)38-28-31(43)41-29(33(44)45)22(18-36)20-49(46)32(28)41)26-19-48-34(37-26)39-35(23-12-6-3-7-13-23,24-14-8-4-9-15-24)25-16-10-5-11-17-25/h3-17,19,21,28,32H,18,20H2,1-2H3,(H,37,39)(H,38,42)(H,44,45)/b40-27-/t28?,32-,49?/m1/s1. The van der Waals surface area contributed by atoms with Crippen LogP contribution in [0.3, 0.4) is 0 Å². The van der Waals surface area contributed by atoms with E-state index in [4.69, 9.17) is 21.4 Å². The fraction of sp³-hybridized carbons (Fsp3) is 0.229. The number of carboxylic acid groups (broad SMARTS) is 1. The quantitative estimate of drug-likeness (QED) is 0.0477. The van der Waals surface area contributed by atoms with Crippen LogP contribution in [0, 0.1) is 0 Å². The van der Waals surface area contributed by atoms with E-state index in [2.05, 4.69) is 15.8 Å². The second kappa shape index (κ2) is 14.4. The molecule has 4 aromatic rings. The number of amides is 2. The first-order valence-corrected chi connectivity index (χ1v) is 18.1. The van der Waals surface area contributed by atoms with Crippen molar-refractivity contribution in [3.63, 3.8) is 0 Å². The highest BCUT2D eigenvalue weighted by atomic mass is 35.5. The number of halogens is 1. The van der Waals surface area contributed by atoms with Crippen molar-refractivity contribution in [3.8, 4) is 0 Å². The largest absolute Gasteiger partial charge is 0.614 e. The van der Waals surface area contributed by atoms with Gasteiger partial charge in [0.05, 0.1) is 5.88 Å². The Morgan fingerprint density at radius 2 is 1.61 bits per heavy atom. The summed E-state index contributed by atoms with van der Waals surface area (Å²) in [4.78, 5) is 50.1. The molecule has 2 aliphatic rings. The summed E-state index contributed by atoms with van der Waals surface area (Å²) in [6.45, 7) is 3.49. The zero-order valence-corrected chi connectivity index (χ0v) is 28.8. The predicted molar refractivity (Wildman–Crippen MR) is 189 cm³/mol. The monoisotopic (exact) mass is 717 g/mol. The molecule has 0 bridgehead atoms. The SMILES string of the molecule is CC(C)O/N=C(\C(=O)NC1C(=O)N2C(C(=O)O)=C(CCl)C[S+]([O-])[C@H]12)c1csc(NC(c2ccccc2)(c2ccccc2)c2ccccc2)n1. The summed E-state index contributed by atoms with van der Waals surface area (Å²) in [5, 5.41) is 21.2. The molecule has 0 radical (unpaired) electrons. The van der Waals surface area contributed by atoms with Crippen LogP contribution in [0.4, 0.5) is 5.13 Å². The number of nitrogens with one attached hydrogen (secondary N) is 2. The second-order valence-corrected chi connectivity index (χ2v) is 14.2.